The average Bonchev–Trinajstić information content (AvgIpc) is 2.72. The molecule has 1 amide bonds. The van der Waals surface area contributed by atoms with Gasteiger partial charge in [0.25, 0.3) is 5.91 Å². The minimum Gasteiger partial charge on any atom is -0.482 e. The smallest absolute Gasteiger partial charge is 0.277 e. The van der Waals surface area contributed by atoms with Crippen LogP contribution in [0.25, 0.3) is 11.1 Å². The lowest BCUT2D eigenvalue weighted by Gasteiger charge is -2.07. The molecule has 27 heavy (non-hydrogen) atoms. The van der Waals surface area contributed by atoms with E-state index in [-0.39, 0.29) is 12.5 Å². The second-order valence-corrected chi connectivity index (χ2v) is 6.30. The van der Waals surface area contributed by atoms with E-state index >= 15 is 0 Å². The van der Waals surface area contributed by atoms with Gasteiger partial charge in [-0.15, -0.1) is 0 Å². The molecule has 136 valence electrons. The van der Waals surface area contributed by atoms with Gasteiger partial charge < -0.3 is 4.74 Å². The molecule has 0 spiro atoms. The third-order valence-corrected chi connectivity index (χ3v) is 4.27. The van der Waals surface area contributed by atoms with Gasteiger partial charge >= 0.3 is 0 Å². The Labute approximate surface area is 163 Å². The summed E-state index contributed by atoms with van der Waals surface area (Å²) in [7, 11) is 0. The van der Waals surface area contributed by atoms with Gasteiger partial charge in [0.1, 0.15) is 5.75 Å². The standard InChI is InChI=1S/C22H19ClN2O2/c1-16(17-11-13-19(14-12-17)18-7-3-2-4-8-18)24-25-22(26)15-27-21-10-6-5-9-20(21)23/h2-14H,15H2,1H3,(H,25,26)/b24-16-. The molecule has 0 fully saturated rings. The van der Waals surface area contributed by atoms with E-state index in [4.69, 9.17) is 16.3 Å². The number of carbonyl (C=O) groups excluding carboxylic acids is 1. The molecule has 0 saturated carbocycles. The highest BCUT2D eigenvalue weighted by atomic mass is 35.5. The molecule has 0 aliphatic carbocycles. The zero-order valence-corrected chi connectivity index (χ0v) is 15.6. The summed E-state index contributed by atoms with van der Waals surface area (Å²) in [4.78, 5) is 11.9. The quantitative estimate of drug-likeness (QED) is 0.488. The SMILES string of the molecule is C/C(=N/NC(=O)COc1ccccc1Cl)c1ccc(-c2ccccc2)cc1. The molecular weight excluding hydrogens is 360 g/mol. The van der Waals surface area contributed by atoms with Crippen LogP contribution in [0, 0.1) is 0 Å². The molecule has 0 bridgehead atoms. The molecular formula is C22H19ClN2O2. The summed E-state index contributed by atoms with van der Waals surface area (Å²) in [5.74, 6) is 0.113. The average molecular weight is 379 g/mol. The Balaban J connectivity index is 1.57. The van der Waals surface area contributed by atoms with Gasteiger partial charge in [0.15, 0.2) is 6.61 Å². The molecule has 0 aliphatic rings. The second kappa shape index (κ2) is 9.01. The Bertz CT molecular complexity index is 938. The lowest BCUT2D eigenvalue weighted by molar-refractivity contribution is -0.123. The fraction of sp³-hybridized carbons (Fsp3) is 0.0909. The van der Waals surface area contributed by atoms with E-state index in [1.807, 2.05) is 49.4 Å². The third kappa shape index (κ3) is 5.19. The molecule has 0 saturated heterocycles. The molecule has 0 atom stereocenters. The number of nitrogens with zero attached hydrogens (tertiary/aromatic N) is 1. The van der Waals surface area contributed by atoms with E-state index < -0.39 is 0 Å². The van der Waals surface area contributed by atoms with Crippen molar-refractivity contribution in [3.63, 3.8) is 0 Å². The molecule has 0 radical (unpaired) electrons. The topological polar surface area (TPSA) is 50.7 Å². The van der Waals surface area contributed by atoms with Gasteiger partial charge in [-0.3, -0.25) is 4.79 Å². The molecule has 0 aliphatic heterocycles. The fourth-order valence-corrected chi connectivity index (χ4v) is 2.67. The molecule has 4 nitrogen and oxygen atoms in total. The number of benzene rings is 3. The van der Waals surface area contributed by atoms with Crippen molar-refractivity contribution in [2.24, 2.45) is 5.10 Å². The predicted molar refractivity (Wildman–Crippen MR) is 109 cm³/mol. The number of hydrogen-bond donors (Lipinski definition) is 1. The number of hydrazone groups is 1. The Morgan fingerprint density at radius 1 is 0.926 bits per heavy atom. The van der Waals surface area contributed by atoms with Crippen LogP contribution in [-0.2, 0) is 4.79 Å². The number of halogens is 1. The third-order valence-electron chi connectivity index (χ3n) is 3.95. The lowest BCUT2D eigenvalue weighted by atomic mass is 10.0. The number of carbonyl (C=O) groups is 1. The van der Waals surface area contributed by atoms with Crippen molar-refractivity contribution in [2.75, 3.05) is 6.61 Å². The first-order chi connectivity index (χ1) is 13.1. The Morgan fingerprint density at radius 3 is 2.26 bits per heavy atom. The normalized spacial score (nSPS) is 11.1. The monoisotopic (exact) mass is 378 g/mol. The van der Waals surface area contributed by atoms with Crippen LogP contribution in [0.1, 0.15) is 12.5 Å². The van der Waals surface area contributed by atoms with Crippen molar-refractivity contribution in [1.82, 2.24) is 5.43 Å². The van der Waals surface area contributed by atoms with Crippen LogP contribution in [0.4, 0.5) is 0 Å². The zero-order chi connectivity index (χ0) is 19.1. The summed E-state index contributed by atoms with van der Waals surface area (Å²) < 4.78 is 5.39. The van der Waals surface area contributed by atoms with E-state index in [0.717, 1.165) is 16.7 Å². The van der Waals surface area contributed by atoms with Crippen molar-refractivity contribution < 1.29 is 9.53 Å². The van der Waals surface area contributed by atoms with Crippen LogP contribution in [-0.4, -0.2) is 18.2 Å². The van der Waals surface area contributed by atoms with E-state index in [1.165, 1.54) is 0 Å². The summed E-state index contributed by atoms with van der Waals surface area (Å²) in [6.07, 6.45) is 0. The number of ether oxygens (including phenoxy) is 1. The van der Waals surface area contributed by atoms with Crippen LogP contribution in [0.2, 0.25) is 5.02 Å². The van der Waals surface area contributed by atoms with E-state index in [9.17, 15) is 4.79 Å². The molecule has 3 aromatic carbocycles. The van der Waals surface area contributed by atoms with Crippen LogP contribution in [0.15, 0.2) is 84.0 Å². The zero-order valence-electron chi connectivity index (χ0n) is 14.9. The van der Waals surface area contributed by atoms with Gasteiger partial charge in [0.2, 0.25) is 0 Å². The van der Waals surface area contributed by atoms with Gasteiger partial charge in [-0.1, -0.05) is 78.3 Å². The Kier molecular flexibility index (Phi) is 6.23. The highest BCUT2D eigenvalue weighted by molar-refractivity contribution is 6.32. The van der Waals surface area contributed by atoms with Crippen molar-refractivity contribution >= 4 is 23.2 Å². The van der Waals surface area contributed by atoms with E-state index in [1.54, 1.807) is 24.3 Å². The first-order valence-electron chi connectivity index (χ1n) is 8.50. The number of para-hydroxylation sites is 1. The van der Waals surface area contributed by atoms with Gasteiger partial charge in [-0.05, 0) is 35.7 Å². The van der Waals surface area contributed by atoms with Crippen LogP contribution in [0.3, 0.4) is 0 Å². The van der Waals surface area contributed by atoms with E-state index in [0.29, 0.717) is 16.5 Å². The van der Waals surface area contributed by atoms with Crippen molar-refractivity contribution in [3.05, 3.63) is 89.4 Å². The van der Waals surface area contributed by atoms with Crippen molar-refractivity contribution in [1.29, 1.82) is 0 Å². The van der Waals surface area contributed by atoms with Crippen LogP contribution >= 0.6 is 11.6 Å². The number of nitrogens with one attached hydrogen (secondary N) is 1. The minimum atomic E-state index is -0.352. The maximum absolute atomic E-state index is 11.9. The summed E-state index contributed by atoms with van der Waals surface area (Å²) in [6.45, 7) is 1.68. The van der Waals surface area contributed by atoms with Gasteiger partial charge in [0.05, 0.1) is 10.7 Å². The summed E-state index contributed by atoms with van der Waals surface area (Å²) in [6, 6.07) is 25.2. The maximum atomic E-state index is 11.9. The molecule has 3 rings (SSSR count). The summed E-state index contributed by atoms with van der Waals surface area (Å²) in [5.41, 5.74) is 6.42. The van der Waals surface area contributed by atoms with Crippen LogP contribution < -0.4 is 10.2 Å². The number of amides is 1. The fourth-order valence-electron chi connectivity index (χ4n) is 2.48. The van der Waals surface area contributed by atoms with Gasteiger partial charge in [-0.25, -0.2) is 5.43 Å². The highest BCUT2D eigenvalue weighted by Crippen LogP contribution is 2.23. The first kappa shape index (κ1) is 18.7. The molecule has 1 N–H and O–H groups in total. The van der Waals surface area contributed by atoms with Crippen molar-refractivity contribution in [3.8, 4) is 16.9 Å². The van der Waals surface area contributed by atoms with Gasteiger partial charge in [-0.2, -0.15) is 5.10 Å². The second-order valence-electron chi connectivity index (χ2n) is 5.89. The Hall–Kier alpha value is -3.11. The largest absolute Gasteiger partial charge is 0.482 e. The van der Waals surface area contributed by atoms with Crippen molar-refractivity contribution in [2.45, 2.75) is 6.92 Å². The predicted octanol–water partition coefficient (Wildman–Crippen LogP) is 4.93. The lowest BCUT2D eigenvalue weighted by Crippen LogP contribution is -2.25. The van der Waals surface area contributed by atoms with E-state index in [2.05, 4.69) is 22.7 Å². The van der Waals surface area contributed by atoms with Crippen LogP contribution in [0.5, 0.6) is 5.75 Å². The molecule has 0 aromatic heterocycles. The number of hydrogen-bond acceptors (Lipinski definition) is 3. The Morgan fingerprint density at radius 2 is 1.56 bits per heavy atom. The molecule has 3 aromatic rings. The van der Waals surface area contributed by atoms with Gasteiger partial charge in [0, 0.05) is 0 Å². The first-order valence-corrected chi connectivity index (χ1v) is 8.87. The molecule has 5 heteroatoms. The highest BCUT2D eigenvalue weighted by Gasteiger charge is 2.05. The summed E-state index contributed by atoms with van der Waals surface area (Å²) >= 11 is 5.99. The molecule has 0 heterocycles. The maximum Gasteiger partial charge on any atom is 0.277 e. The summed E-state index contributed by atoms with van der Waals surface area (Å²) in [5, 5.41) is 4.60. The molecule has 0 unspecified atom stereocenters. The minimum absolute atomic E-state index is 0.159. The number of rotatable bonds is 6.